The van der Waals surface area contributed by atoms with E-state index in [2.05, 4.69) is 58.1 Å². The fourth-order valence-electron chi connectivity index (χ4n) is 2.07. The van der Waals surface area contributed by atoms with Crippen molar-refractivity contribution in [1.29, 1.82) is 0 Å². The van der Waals surface area contributed by atoms with Crippen LogP contribution in [0.2, 0.25) is 0 Å². The molecule has 0 bridgehead atoms. The Bertz CT molecular complexity index is 350. The molecule has 0 spiro atoms. The quantitative estimate of drug-likeness (QED) is 0.577. The van der Waals surface area contributed by atoms with Gasteiger partial charge in [0.1, 0.15) is 0 Å². The Labute approximate surface area is 112 Å². The summed E-state index contributed by atoms with van der Waals surface area (Å²) in [4.78, 5) is 4.74. The van der Waals surface area contributed by atoms with Gasteiger partial charge >= 0.3 is 0 Å². The van der Waals surface area contributed by atoms with Crippen molar-refractivity contribution >= 4 is 6.21 Å². The van der Waals surface area contributed by atoms with Gasteiger partial charge in [-0.3, -0.25) is 4.99 Å². The van der Waals surface area contributed by atoms with Gasteiger partial charge in [0, 0.05) is 17.7 Å². The molecule has 0 saturated carbocycles. The number of nitrogens with zero attached hydrogens (tertiary/aromatic N) is 1. The van der Waals surface area contributed by atoms with Crippen molar-refractivity contribution in [2.45, 2.75) is 59.4 Å². The molecule has 1 heteroatoms. The van der Waals surface area contributed by atoms with E-state index in [-0.39, 0.29) is 5.41 Å². The Morgan fingerprint density at radius 2 is 1.83 bits per heavy atom. The lowest BCUT2D eigenvalue weighted by atomic mass is 9.93. The highest BCUT2D eigenvalue weighted by Crippen LogP contribution is 2.22. The first-order valence-corrected chi connectivity index (χ1v) is 7.19. The van der Waals surface area contributed by atoms with Crippen molar-refractivity contribution in [2.24, 2.45) is 10.4 Å². The van der Waals surface area contributed by atoms with Crippen LogP contribution in [0.15, 0.2) is 40.9 Å². The molecule has 1 nitrogen and oxygen atoms in total. The smallest absolute Gasteiger partial charge is 0.0499 e. The number of aliphatic imine (C=N–C) groups is 1. The van der Waals surface area contributed by atoms with Crippen LogP contribution < -0.4 is 0 Å². The molecule has 0 amide bonds. The second-order valence-electron chi connectivity index (χ2n) is 5.69. The number of rotatable bonds is 6. The molecule has 0 aromatic heterocycles. The van der Waals surface area contributed by atoms with Crippen molar-refractivity contribution < 1.29 is 0 Å². The molecule has 0 fully saturated rings. The van der Waals surface area contributed by atoms with E-state index in [0.29, 0.717) is 6.04 Å². The molecule has 0 radical (unpaired) electrons. The first-order valence-electron chi connectivity index (χ1n) is 7.19. The van der Waals surface area contributed by atoms with E-state index in [0.717, 1.165) is 0 Å². The van der Waals surface area contributed by atoms with E-state index in [1.165, 1.54) is 31.3 Å². The predicted molar refractivity (Wildman–Crippen MR) is 82.2 cm³/mol. The molecular weight excluding hydrogens is 218 g/mol. The monoisotopic (exact) mass is 245 g/mol. The molecule has 0 heterocycles. The summed E-state index contributed by atoms with van der Waals surface area (Å²) in [5.74, 6) is 0. The van der Waals surface area contributed by atoms with E-state index in [9.17, 15) is 0 Å². The highest BCUT2D eigenvalue weighted by molar-refractivity contribution is 5.83. The summed E-state index contributed by atoms with van der Waals surface area (Å²) < 4.78 is 0. The van der Waals surface area contributed by atoms with E-state index >= 15 is 0 Å². The highest BCUT2D eigenvalue weighted by atomic mass is 14.8. The molecule has 0 saturated heterocycles. The van der Waals surface area contributed by atoms with Gasteiger partial charge in [-0.15, -0.1) is 0 Å². The third kappa shape index (κ3) is 5.48. The normalized spacial score (nSPS) is 18.4. The molecular formula is C17H27N. The minimum atomic E-state index is 0.151. The maximum atomic E-state index is 4.74. The second-order valence-corrected chi connectivity index (χ2v) is 5.69. The van der Waals surface area contributed by atoms with Crippen molar-refractivity contribution in [3.05, 3.63) is 36.0 Å². The summed E-state index contributed by atoms with van der Waals surface area (Å²) in [6.45, 7) is 8.89. The standard InChI is InChI=1S/C17H27N/c1-5-8-16(9-6-2)18-14-15-10-7-12-17(3,4)13-11-15/h7,10-14,16H,5-6,8-9H2,1-4H3. The minimum Gasteiger partial charge on any atom is -0.289 e. The van der Waals surface area contributed by atoms with Crippen LogP contribution in [-0.4, -0.2) is 12.3 Å². The molecule has 0 unspecified atom stereocenters. The summed E-state index contributed by atoms with van der Waals surface area (Å²) in [6.07, 6.45) is 17.8. The maximum Gasteiger partial charge on any atom is 0.0499 e. The lowest BCUT2D eigenvalue weighted by Crippen LogP contribution is -2.04. The Morgan fingerprint density at radius 1 is 1.17 bits per heavy atom. The maximum absolute atomic E-state index is 4.74. The van der Waals surface area contributed by atoms with Crippen molar-refractivity contribution in [2.75, 3.05) is 0 Å². The molecule has 1 aliphatic carbocycles. The zero-order chi connectivity index (χ0) is 13.4. The fourth-order valence-corrected chi connectivity index (χ4v) is 2.07. The zero-order valence-corrected chi connectivity index (χ0v) is 12.3. The molecule has 1 aliphatic rings. The van der Waals surface area contributed by atoms with Crippen LogP contribution in [0.1, 0.15) is 53.4 Å². The third-order valence-corrected chi connectivity index (χ3v) is 3.20. The first kappa shape index (κ1) is 14.9. The lowest BCUT2D eigenvalue weighted by molar-refractivity contribution is 0.558. The SMILES string of the molecule is CCCC(CCC)N=CC1=CC=CC(C)(C)C=C1. The molecule has 0 aromatic rings. The summed E-state index contributed by atoms with van der Waals surface area (Å²) in [5.41, 5.74) is 1.35. The highest BCUT2D eigenvalue weighted by Gasteiger charge is 2.10. The van der Waals surface area contributed by atoms with E-state index < -0.39 is 0 Å². The lowest BCUT2D eigenvalue weighted by Gasteiger charge is -2.12. The van der Waals surface area contributed by atoms with Crippen molar-refractivity contribution in [3.63, 3.8) is 0 Å². The fraction of sp³-hybridized carbons (Fsp3) is 0.588. The number of hydrogen-bond donors (Lipinski definition) is 0. The Hall–Kier alpha value is -1.11. The van der Waals surface area contributed by atoms with E-state index in [4.69, 9.17) is 4.99 Å². The van der Waals surface area contributed by atoms with Gasteiger partial charge in [-0.2, -0.15) is 0 Å². The van der Waals surface area contributed by atoms with Crippen molar-refractivity contribution in [3.8, 4) is 0 Å². The summed E-state index contributed by atoms with van der Waals surface area (Å²) >= 11 is 0. The van der Waals surface area contributed by atoms with Crippen molar-refractivity contribution in [1.82, 2.24) is 0 Å². The van der Waals surface area contributed by atoms with Crippen LogP contribution in [0.5, 0.6) is 0 Å². The molecule has 1 rings (SSSR count). The summed E-state index contributed by atoms with van der Waals surface area (Å²) in [5, 5.41) is 0. The topological polar surface area (TPSA) is 12.4 Å². The van der Waals surface area contributed by atoms with E-state index in [1.807, 2.05) is 6.21 Å². The van der Waals surface area contributed by atoms with Gasteiger partial charge in [0.25, 0.3) is 0 Å². The molecule has 100 valence electrons. The van der Waals surface area contributed by atoms with Gasteiger partial charge in [0.15, 0.2) is 0 Å². The minimum absolute atomic E-state index is 0.151. The Morgan fingerprint density at radius 3 is 2.44 bits per heavy atom. The predicted octanol–water partition coefficient (Wildman–Crippen LogP) is 5.10. The third-order valence-electron chi connectivity index (χ3n) is 3.20. The van der Waals surface area contributed by atoms with Crippen LogP contribution in [0, 0.1) is 5.41 Å². The Balaban J connectivity index is 2.66. The zero-order valence-electron chi connectivity index (χ0n) is 12.3. The van der Waals surface area contributed by atoms with Gasteiger partial charge in [-0.25, -0.2) is 0 Å². The average molecular weight is 245 g/mol. The van der Waals surface area contributed by atoms with Crippen LogP contribution in [-0.2, 0) is 0 Å². The van der Waals surface area contributed by atoms with Gasteiger partial charge in [0.2, 0.25) is 0 Å². The van der Waals surface area contributed by atoms with Gasteiger partial charge < -0.3 is 0 Å². The van der Waals surface area contributed by atoms with Crippen LogP contribution in [0.3, 0.4) is 0 Å². The average Bonchev–Trinajstić information content (AvgIpc) is 2.48. The molecule has 0 N–H and O–H groups in total. The second kappa shape index (κ2) is 7.35. The van der Waals surface area contributed by atoms with Gasteiger partial charge in [0.05, 0.1) is 0 Å². The van der Waals surface area contributed by atoms with E-state index in [1.54, 1.807) is 0 Å². The molecule has 0 aromatic carbocycles. The number of hydrogen-bond acceptors (Lipinski definition) is 1. The molecule has 0 atom stereocenters. The summed E-state index contributed by atoms with van der Waals surface area (Å²) in [6, 6.07) is 0.495. The molecule has 18 heavy (non-hydrogen) atoms. The first-order chi connectivity index (χ1) is 8.57. The van der Waals surface area contributed by atoms with Crippen LogP contribution >= 0.6 is 0 Å². The van der Waals surface area contributed by atoms with Crippen LogP contribution in [0.4, 0.5) is 0 Å². The summed E-state index contributed by atoms with van der Waals surface area (Å²) in [7, 11) is 0. The number of allylic oxidation sites excluding steroid dienone is 6. The van der Waals surface area contributed by atoms with Gasteiger partial charge in [-0.1, -0.05) is 70.9 Å². The molecule has 0 aliphatic heterocycles. The van der Waals surface area contributed by atoms with Crippen LogP contribution in [0.25, 0.3) is 0 Å². The van der Waals surface area contributed by atoms with Gasteiger partial charge in [-0.05, 0) is 18.4 Å². The largest absolute Gasteiger partial charge is 0.289 e. The Kier molecular flexibility index (Phi) is 6.11.